The van der Waals surface area contributed by atoms with Gasteiger partial charge >= 0.3 is 0 Å². The van der Waals surface area contributed by atoms with Crippen molar-refractivity contribution in [2.24, 2.45) is 0 Å². The second kappa shape index (κ2) is 10.9. The van der Waals surface area contributed by atoms with Gasteiger partial charge in [-0.2, -0.15) is 0 Å². The van der Waals surface area contributed by atoms with Crippen molar-refractivity contribution in [3.05, 3.63) is 64.2 Å². The summed E-state index contributed by atoms with van der Waals surface area (Å²) in [6, 6.07) is 13.8. The van der Waals surface area contributed by atoms with Crippen LogP contribution in [0.3, 0.4) is 0 Å². The summed E-state index contributed by atoms with van der Waals surface area (Å²) in [5.74, 6) is 0.169. The van der Waals surface area contributed by atoms with Gasteiger partial charge < -0.3 is 9.64 Å². The van der Waals surface area contributed by atoms with Crippen molar-refractivity contribution in [3.63, 3.8) is 0 Å². The van der Waals surface area contributed by atoms with Crippen LogP contribution in [0.4, 0.5) is 11.4 Å². The van der Waals surface area contributed by atoms with E-state index in [0.29, 0.717) is 18.8 Å². The number of ether oxygens (including phenoxy) is 1. The van der Waals surface area contributed by atoms with Gasteiger partial charge in [-0.3, -0.25) is 19.7 Å². The molecule has 0 saturated carbocycles. The van der Waals surface area contributed by atoms with E-state index in [1.54, 1.807) is 11.9 Å². The van der Waals surface area contributed by atoms with Crippen molar-refractivity contribution in [2.75, 3.05) is 18.6 Å². The van der Waals surface area contributed by atoms with Crippen molar-refractivity contribution in [1.82, 2.24) is 0 Å². The molecule has 0 fully saturated rings. The normalized spacial score (nSPS) is 10.4. The molecule has 0 unspecified atom stereocenters. The van der Waals surface area contributed by atoms with Crippen LogP contribution in [0, 0.1) is 10.1 Å². The quantitative estimate of drug-likeness (QED) is 0.235. The van der Waals surface area contributed by atoms with Crippen molar-refractivity contribution >= 4 is 23.1 Å². The number of amides is 1. The summed E-state index contributed by atoms with van der Waals surface area (Å²) >= 11 is 0. The lowest BCUT2D eigenvalue weighted by molar-refractivity contribution is -0.385. The zero-order valence-corrected chi connectivity index (χ0v) is 16.8. The Morgan fingerprint density at radius 2 is 1.72 bits per heavy atom. The van der Waals surface area contributed by atoms with Crippen molar-refractivity contribution in [3.8, 4) is 5.75 Å². The Labute approximate surface area is 170 Å². The Hall–Kier alpha value is -3.22. The molecule has 1 amide bonds. The molecule has 7 heteroatoms. The predicted octanol–water partition coefficient (Wildman–Crippen LogP) is 4.79. The van der Waals surface area contributed by atoms with Gasteiger partial charge in [0.05, 0.1) is 17.1 Å². The van der Waals surface area contributed by atoms with Crippen molar-refractivity contribution < 1.29 is 19.2 Å². The number of rotatable bonds is 11. The molecule has 0 aromatic heterocycles. The number of carbonyl (C=O) groups is 2. The van der Waals surface area contributed by atoms with Crippen LogP contribution in [0.1, 0.15) is 49.4 Å². The molecule has 0 atom stereocenters. The highest BCUT2D eigenvalue weighted by Gasteiger charge is 2.18. The minimum absolute atomic E-state index is 0.0496. The summed E-state index contributed by atoms with van der Waals surface area (Å²) in [5.41, 5.74) is 0.725. The number of hydrogen-bond acceptors (Lipinski definition) is 5. The molecule has 7 nitrogen and oxygen atoms in total. The fourth-order valence-electron chi connectivity index (χ4n) is 2.93. The summed E-state index contributed by atoms with van der Waals surface area (Å²) in [5, 5.41) is 11.0. The number of nitro groups is 1. The van der Waals surface area contributed by atoms with Crippen LogP contribution in [0.5, 0.6) is 5.75 Å². The van der Waals surface area contributed by atoms with E-state index < -0.39 is 4.92 Å². The van der Waals surface area contributed by atoms with E-state index in [4.69, 9.17) is 4.74 Å². The Bertz CT molecular complexity index is 852. The largest absolute Gasteiger partial charge is 0.494 e. The summed E-state index contributed by atoms with van der Waals surface area (Å²) in [7, 11) is 1.78. The van der Waals surface area contributed by atoms with E-state index >= 15 is 0 Å². The van der Waals surface area contributed by atoms with E-state index in [0.717, 1.165) is 31.4 Å². The zero-order valence-electron chi connectivity index (χ0n) is 16.8. The second-order valence-electron chi connectivity index (χ2n) is 6.79. The van der Waals surface area contributed by atoms with Crippen LogP contribution in [0.25, 0.3) is 0 Å². The lowest BCUT2D eigenvalue weighted by atomic mass is 10.1. The number of hydrogen-bond donors (Lipinski definition) is 0. The van der Waals surface area contributed by atoms with Crippen LogP contribution >= 0.6 is 0 Å². The molecule has 0 saturated heterocycles. The van der Waals surface area contributed by atoms with Crippen molar-refractivity contribution in [2.45, 2.75) is 39.0 Å². The first-order chi connectivity index (χ1) is 13.9. The third kappa shape index (κ3) is 6.71. The van der Waals surface area contributed by atoms with Gasteiger partial charge in [-0.25, -0.2) is 0 Å². The van der Waals surface area contributed by atoms with Crippen LogP contribution in [-0.4, -0.2) is 30.3 Å². The Morgan fingerprint density at radius 1 is 1.03 bits per heavy atom. The molecular weight excluding hydrogens is 372 g/mol. The molecule has 29 heavy (non-hydrogen) atoms. The molecule has 0 spiro atoms. The first-order valence-corrected chi connectivity index (χ1v) is 9.64. The van der Waals surface area contributed by atoms with Gasteiger partial charge in [0.2, 0.25) is 5.91 Å². The monoisotopic (exact) mass is 398 g/mol. The van der Waals surface area contributed by atoms with Gasteiger partial charge in [0.25, 0.3) is 5.69 Å². The van der Waals surface area contributed by atoms with E-state index in [2.05, 4.69) is 0 Å². The third-order valence-corrected chi connectivity index (χ3v) is 4.62. The van der Waals surface area contributed by atoms with Gasteiger partial charge in [-0.15, -0.1) is 0 Å². The SMILES string of the molecule is CC(=O)c1cc(OCCCCCCC(=O)N(C)c2ccccc2)ccc1[N+](=O)[O-]. The first kappa shape index (κ1) is 22.1. The number of para-hydroxylation sites is 1. The summed E-state index contributed by atoms with van der Waals surface area (Å²) in [6.45, 7) is 1.75. The fourth-order valence-corrected chi connectivity index (χ4v) is 2.93. The number of ketones is 1. The highest BCUT2D eigenvalue weighted by molar-refractivity contribution is 5.98. The van der Waals surface area contributed by atoms with Crippen molar-refractivity contribution in [1.29, 1.82) is 0 Å². The van der Waals surface area contributed by atoms with Gasteiger partial charge in [-0.1, -0.05) is 31.0 Å². The number of nitro benzene ring substituents is 1. The average Bonchev–Trinajstić information content (AvgIpc) is 2.72. The third-order valence-electron chi connectivity index (χ3n) is 4.62. The number of anilines is 1. The molecule has 154 valence electrons. The highest BCUT2D eigenvalue weighted by atomic mass is 16.6. The lowest BCUT2D eigenvalue weighted by Gasteiger charge is -2.17. The number of Topliss-reactive ketones (excluding diaryl/α,β-unsaturated/α-hetero) is 1. The van der Waals surface area contributed by atoms with E-state index in [9.17, 15) is 19.7 Å². The molecule has 0 N–H and O–H groups in total. The molecular formula is C22H26N2O5. The number of nitrogens with zero attached hydrogens (tertiary/aromatic N) is 2. The molecule has 0 aliphatic rings. The minimum Gasteiger partial charge on any atom is -0.494 e. The Kier molecular flexibility index (Phi) is 8.33. The maximum absolute atomic E-state index is 12.2. The van der Waals surface area contributed by atoms with Gasteiger partial charge in [0.1, 0.15) is 5.75 Å². The number of unbranched alkanes of at least 4 members (excludes halogenated alkanes) is 3. The van der Waals surface area contributed by atoms with Crippen LogP contribution in [0.2, 0.25) is 0 Å². The molecule has 2 aromatic rings. The van der Waals surface area contributed by atoms with E-state index in [-0.39, 0.29) is 22.9 Å². The molecule has 0 radical (unpaired) electrons. The highest BCUT2D eigenvalue weighted by Crippen LogP contribution is 2.24. The Balaban J connectivity index is 1.67. The summed E-state index contributed by atoms with van der Waals surface area (Å²) in [6.07, 6.45) is 3.93. The van der Waals surface area contributed by atoms with Crippen LogP contribution in [-0.2, 0) is 4.79 Å². The molecule has 2 aromatic carbocycles. The van der Waals surface area contributed by atoms with E-state index in [1.807, 2.05) is 30.3 Å². The fraction of sp³-hybridized carbons (Fsp3) is 0.364. The van der Waals surface area contributed by atoms with Gasteiger partial charge in [-0.05, 0) is 44.0 Å². The molecule has 0 heterocycles. The maximum atomic E-state index is 12.2. The maximum Gasteiger partial charge on any atom is 0.280 e. The summed E-state index contributed by atoms with van der Waals surface area (Å²) in [4.78, 5) is 35.8. The molecule has 0 aliphatic heterocycles. The van der Waals surface area contributed by atoms with Crippen LogP contribution in [0.15, 0.2) is 48.5 Å². The summed E-state index contributed by atoms with van der Waals surface area (Å²) < 4.78 is 5.61. The smallest absolute Gasteiger partial charge is 0.280 e. The standard InChI is InChI=1S/C22H26N2O5/c1-17(25)20-16-19(13-14-21(20)24(27)28)29-15-9-4-3-8-12-22(26)23(2)18-10-6-5-7-11-18/h5-7,10-11,13-14,16H,3-4,8-9,12,15H2,1-2H3. The molecule has 2 rings (SSSR count). The lowest BCUT2D eigenvalue weighted by Crippen LogP contribution is -2.25. The van der Waals surface area contributed by atoms with Gasteiger partial charge in [0, 0.05) is 25.2 Å². The van der Waals surface area contributed by atoms with E-state index in [1.165, 1.54) is 25.1 Å². The van der Waals surface area contributed by atoms with Crippen LogP contribution < -0.4 is 9.64 Å². The first-order valence-electron chi connectivity index (χ1n) is 9.64. The molecule has 0 aliphatic carbocycles. The predicted molar refractivity (Wildman–Crippen MR) is 112 cm³/mol. The molecule has 0 bridgehead atoms. The average molecular weight is 398 g/mol. The second-order valence-corrected chi connectivity index (χ2v) is 6.79. The Morgan fingerprint density at radius 3 is 2.38 bits per heavy atom. The number of benzene rings is 2. The van der Waals surface area contributed by atoms with Gasteiger partial charge in [0.15, 0.2) is 5.78 Å². The zero-order chi connectivity index (χ0) is 21.2. The minimum atomic E-state index is -0.572. The topological polar surface area (TPSA) is 89.8 Å². The number of carbonyl (C=O) groups excluding carboxylic acids is 2.